The molecule has 0 spiro atoms. The Morgan fingerprint density at radius 2 is 2.08 bits per heavy atom. The van der Waals surface area contributed by atoms with Crippen LogP contribution in [0.5, 0.6) is 0 Å². The van der Waals surface area contributed by atoms with E-state index >= 15 is 0 Å². The normalized spacial score (nSPS) is 15.9. The lowest BCUT2D eigenvalue weighted by Gasteiger charge is -2.14. The van der Waals surface area contributed by atoms with Crippen LogP contribution in [-0.4, -0.2) is 15.9 Å². The van der Waals surface area contributed by atoms with Gasteiger partial charge < -0.3 is 15.5 Å². The summed E-state index contributed by atoms with van der Waals surface area (Å²) in [7, 11) is 0. The molecule has 1 aromatic carbocycles. The van der Waals surface area contributed by atoms with Gasteiger partial charge in [0.05, 0.1) is 12.3 Å². The summed E-state index contributed by atoms with van der Waals surface area (Å²) in [6.07, 6.45) is 3.39. The van der Waals surface area contributed by atoms with Crippen LogP contribution in [0.3, 0.4) is 0 Å². The zero-order valence-electron chi connectivity index (χ0n) is 12.9. The molecule has 0 fully saturated rings. The standard InChI is InChI=1S/C18H16N4O2/c19-18-21-14(16-6-3-9-24-16)10-15(22-18)17(23)20-13-8-7-11-4-1-2-5-12(11)13/h1-6,9-10,13H,7-8H2,(H,20,23)(H2,19,21,22)/t13-/m0/s1. The van der Waals surface area contributed by atoms with Gasteiger partial charge in [-0.2, -0.15) is 0 Å². The summed E-state index contributed by atoms with van der Waals surface area (Å²) < 4.78 is 5.31. The first-order valence-electron chi connectivity index (χ1n) is 7.78. The third kappa shape index (κ3) is 2.62. The zero-order chi connectivity index (χ0) is 16.5. The van der Waals surface area contributed by atoms with Crippen molar-refractivity contribution in [1.29, 1.82) is 0 Å². The van der Waals surface area contributed by atoms with Gasteiger partial charge in [-0.1, -0.05) is 24.3 Å². The molecule has 24 heavy (non-hydrogen) atoms. The van der Waals surface area contributed by atoms with E-state index in [0.717, 1.165) is 12.8 Å². The number of rotatable bonds is 3. The average Bonchev–Trinajstić information content (AvgIpc) is 3.25. The minimum absolute atomic E-state index is 0.00282. The van der Waals surface area contributed by atoms with Crippen molar-refractivity contribution in [1.82, 2.24) is 15.3 Å². The van der Waals surface area contributed by atoms with E-state index in [1.807, 2.05) is 12.1 Å². The molecular formula is C18H16N4O2. The van der Waals surface area contributed by atoms with Crippen LogP contribution in [0.15, 0.2) is 53.1 Å². The molecule has 1 aliphatic carbocycles. The maximum atomic E-state index is 12.6. The third-order valence-electron chi connectivity index (χ3n) is 4.19. The van der Waals surface area contributed by atoms with Crippen molar-refractivity contribution in [3.05, 3.63) is 65.5 Å². The molecule has 2 aromatic heterocycles. The van der Waals surface area contributed by atoms with E-state index in [4.69, 9.17) is 10.2 Å². The van der Waals surface area contributed by atoms with Crippen molar-refractivity contribution >= 4 is 11.9 Å². The number of aromatic nitrogens is 2. The Labute approximate surface area is 138 Å². The van der Waals surface area contributed by atoms with Crippen LogP contribution in [0.2, 0.25) is 0 Å². The molecule has 6 nitrogen and oxygen atoms in total. The van der Waals surface area contributed by atoms with Crippen molar-refractivity contribution in [2.24, 2.45) is 0 Å². The van der Waals surface area contributed by atoms with Gasteiger partial charge in [0.1, 0.15) is 11.4 Å². The Morgan fingerprint density at radius 3 is 2.92 bits per heavy atom. The fourth-order valence-corrected chi connectivity index (χ4v) is 3.07. The lowest BCUT2D eigenvalue weighted by atomic mass is 10.1. The number of nitrogens with one attached hydrogen (secondary N) is 1. The number of benzene rings is 1. The first-order valence-corrected chi connectivity index (χ1v) is 7.78. The molecular weight excluding hydrogens is 304 g/mol. The van der Waals surface area contributed by atoms with Crippen LogP contribution >= 0.6 is 0 Å². The van der Waals surface area contributed by atoms with Gasteiger partial charge in [-0.25, -0.2) is 9.97 Å². The highest BCUT2D eigenvalue weighted by Gasteiger charge is 2.24. The Kier molecular flexibility index (Phi) is 3.49. The number of hydrogen-bond acceptors (Lipinski definition) is 5. The molecule has 0 unspecified atom stereocenters. The molecule has 6 heteroatoms. The number of hydrogen-bond donors (Lipinski definition) is 2. The van der Waals surface area contributed by atoms with Crippen molar-refractivity contribution in [3.63, 3.8) is 0 Å². The number of carbonyl (C=O) groups excluding carboxylic acids is 1. The van der Waals surface area contributed by atoms with E-state index < -0.39 is 0 Å². The van der Waals surface area contributed by atoms with E-state index in [9.17, 15) is 4.79 Å². The number of nitrogens with two attached hydrogens (primary N) is 1. The second-order valence-corrected chi connectivity index (χ2v) is 5.74. The molecule has 0 bridgehead atoms. The second-order valence-electron chi connectivity index (χ2n) is 5.74. The predicted octanol–water partition coefficient (Wildman–Crippen LogP) is 2.74. The van der Waals surface area contributed by atoms with Gasteiger partial charge in [-0.3, -0.25) is 4.79 Å². The molecule has 0 saturated carbocycles. The predicted molar refractivity (Wildman–Crippen MR) is 89.1 cm³/mol. The molecule has 120 valence electrons. The molecule has 3 N–H and O–H groups in total. The molecule has 3 aromatic rings. The Hall–Kier alpha value is -3.15. The molecule has 2 heterocycles. The van der Waals surface area contributed by atoms with Crippen molar-refractivity contribution in [2.75, 3.05) is 5.73 Å². The summed E-state index contributed by atoms with van der Waals surface area (Å²) >= 11 is 0. The molecule has 1 atom stereocenters. The molecule has 4 rings (SSSR count). The first-order chi connectivity index (χ1) is 11.7. The van der Waals surface area contributed by atoms with Gasteiger partial charge in [0.2, 0.25) is 5.95 Å². The second kappa shape index (κ2) is 5.81. The maximum absolute atomic E-state index is 12.6. The number of furan rings is 1. The molecule has 1 amide bonds. The summed E-state index contributed by atoms with van der Waals surface area (Å²) in [5.41, 5.74) is 8.91. The monoisotopic (exact) mass is 320 g/mol. The summed E-state index contributed by atoms with van der Waals surface area (Å²) in [5.74, 6) is 0.323. The summed E-state index contributed by atoms with van der Waals surface area (Å²) in [6.45, 7) is 0. The van der Waals surface area contributed by atoms with E-state index in [-0.39, 0.29) is 23.6 Å². The lowest BCUT2D eigenvalue weighted by Crippen LogP contribution is -2.28. The number of anilines is 1. The minimum Gasteiger partial charge on any atom is -0.463 e. The van der Waals surface area contributed by atoms with Crippen LogP contribution in [-0.2, 0) is 6.42 Å². The smallest absolute Gasteiger partial charge is 0.270 e. The van der Waals surface area contributed by atoms with Crippen LogP contribution in [0, 0.1) is 0 Å². The highest BCUT2D eigenvalue weighted by Crippen LogP contribution is 2.31. The van der Waals surface area contributed by atoms with Gasteiger partial charge in [-0.15, -0.1) is 0 Å². The van der Waals surface area contributed by atoms with Crippen LogP contribution in [0.4, 0.5) is 5.95 Å². The number of aryl methyl sites for hydroxylation is 1. The maximum Gasteiger partial charge on any atom is 0.270 e. The van der Waals surface area contributed by atoms with Gasteiger partial charge in [0, 0.05) is 0 Å². The van der Waals surface area contributed by atoms with Crippen molar-refractivity contribution in [3.8, 4) is 11.5 Å². The molecule has 0 saturated heterocycles. The fraction of sp³-hybridized carbons (Fsp3) is 0.167. The average molecular weight is 320 g/mol. The van der Waals surface area contributed by atoms with Gasteiger partial charge >= 0.3 is 0 Å². The quantitative estimate of drug-likeness (QED) is 0.774. The number of carbonyl (C=O) groups is 1. The first kappa shape index (κ1) is 14.4. The third-order valence-corrected chi connectivity index (χ3v) is 4.19. The SMILES string of the molecule is Nc1nc(C(=O)N[C@H]2CCc3ccccc32)cc(-c2ccco2)n1. The van der Waals surface area contributed by atoms with Gasteiger partial charge in [-0.05, 0) is 42.2 Å². The Bertz CT molecular complexity index is 890. The van der Waals surface area contributed by atoms with Crippen molar-refractivity contribution in [2.45, 2.75) is 18.9 Å². The molecule has 1 aliphatic rings. The van der Waals surface area contributed by atoms with Crippen LogP contribution < -0.4 is 11.1 Å². The minimum atomic E-state index is -0.265. The Morgan fingerprint density at radius 1 is 1.21 bits per heavy atom. The summed E-state index contributed by atoms with van der Waals surface area (Å²) in [4.78, 5) is 20.8. The lowest BCUT2D eigenvalue weighted by molar-refractivity contribution is 0.0931. The summed E-state index contributed by atoms with van der Waals surface area (Å²) in [6, 6.07) is 13.3. The largest absolute Gasteiger partial charge is 0.463 e. The highest BCUT2D eigenvalue weighted by atomic mass is 16.3. The Balaban J connectivity index is 1.59. The topological polar surface area (TPSA) is 94.0 Å². The number of nitrogens with zero attached hydrogens (tertiary/aromatic N) is 2. The molecule has 0 aliphatic heterocycles. The summed E-state index contributed by atoms with van der Waals surface area (Å²) in [5, 5.41) is 3.04. The van der Waals surface area contributed by atoms with Crippen LogP contribution in [0.1, 0.15) is 34.1 Å². The number of nitrogen functional groups attached to an aromatic ring is 1. The van der Waals surface area contributed by atoms with Crippen molar-refractivity contribution < 1.29 is 9.21 Å². The number of amides is 1. The van der Waals surface area contributed by atoms with E-state index in [0.29, 0.717) is 11.5 Å². The van der Waals surface area contributed by atoms with Crippen LogP contribution in [0.25, 0.3) is 11.5 Å². The fourth-order valence-electron chi connectivity index (χ4n) is 3.07. The number of fused-ring (bicyclic) bond motifs is 1. The molecule has 0 radical (unpaired) electrons. The van der Waals surface area contributed by atoms with E-state index in [1.165, 1.54) is 11.1 Å². The zero-order valence-corrected chi connectivity index (χ0v) is 12.9. The van der Waals surface area contributed by atoms with Gasteiger partial charge in [0.15, 0.2) is 5.76 Å². The van der Waals surface area contributed by atoms with E-state index in [1.54, 1.807) is 24.5 Å². The van der Waals surface area contributed by atoms with Gasteiger partial charge in [0.25, 0.3) is 5.91 Å². The van der Waals surface area contributed by atoms with E-state index in [2.05, 4.69) is 27.4 Å². The highest BCUT2D eigenvalue weighted by molar-refractivity contribution is 5.93.